The summed E-state index contributed by atoms with van der Waals surface area (Å²) in [5.41, 5.74) is 2.36. The van der Waals surface area contributed by atoms with E-state index in [1.807, 2.05) is 13.1 Å². The second-order valence-corrected chi connectivity index (χ2v) is 8.65. The maximum Gasteiger partial charge on any atom is 0.150 e. The molecule has 0 radical (unpaired) electrons. The third kappa shape index (κ3) is 6.71. The maximum absolute atomic E-state index is 13.4. The van der Waals surface area contributed by atoms with Crippen LogP contribution in [-0.4, -0.2) is 30.2 Å². The van der Waals surface area contributed by atoms with Gasteiger partial charge in [0.15, 0.2) is 0 Å². The van der Waals surface area contributed by atoms with Gasteiger partial charge in [-0.05, 0) is 54.2 Å². The van der Waals surface area contributed by atoms with Crippen LogP contribution in [0.5, 0.6) is 5.75 Å². The topological polar surface area (TPSA) is 56.1 Å². The molecule has 1 N–H and O–H groups in total. The Morgan fingerprint density at radius 3 is 2.53 bits per heavy atom. The van der Waals surface area contributed by atoms with Gasteiger partial charge in [0.25, 0.3) is 0 Å². The molecule has 0 amide bonds. The largest absolute Gasteiger partial charge is 0.496 e. The average Bonchev–Trinajstić information content (AvgIpc) is 3.23. The molecule has 0 aliphatic rings. The molecule has 3 rings (SSSR count). The molecule has 0 unspecified atom stereocenters. The summed E-state index contributed by atoms with van der Waals surface area (Å²) in [6.07, 6.45) is 4.02. The van der Waals surface area contributed by atoms with E-state index in [0.717, 1.165) is 10.6 Å². The van der Waals surface area contributed by atoms with Gasteiger partial charge in [0.1, 0.15) is 17.9 Å². The molecule has 30 heavy (non-hydrogen) atoms. The Kier molecular flexibility index (Phi) is 8.62. The van der Waals surface area contributed by atoms with E-state index in [1.54, 1.807) is 54.3 Å². The van der Waals surface area contributed by atoms with Crippen LogP contribution in [0.25, 0.3) is 0 Å². The first kappa shape index (κ1) is 23.6. The molecule has 0 saturated heterocycles. The second kappa shape index (κ2) is 10.9. The Morgan fingerprint density at radius 2 is 2.00 bits per heavy atom. The number of hydrogen-bond donors (Lipinski definition) is 1. The molecule has 7 heteroatoms. The number of nitrogens with one attached hydrogen (secondary N) is 1. The average molecular weight is 430 g/mol. The van der Waals surface area contributed by atoms with E-state index in [0.29, 0.717) is 24.0 Å². The number of aldehydes is 1. The first-order valence-corrected chi connectivity index (χ1v) is 10.3. The predicted octanol–water partition coefficient (Wildman–Crippen LogP) is 5.10. The van der Waals surface area contributed by atoms with Crippen molar-refractivity contribution in [3.8, 4) is 5.75 Å². The number of aromatic nitrogens is 2. The number of ether oxygens (including phenoxy) is 1. The van der Waals surface area contributed by atoms with Crippen molar-refractivity contribution in [2.45, 2.75) is 37.6 Å². The fourth-order valence-electron chi connectivity index (χ4n) is 2.67. The van der Waals surface area contributed by atoms with E-state index in [2.05, 4.69) is 42.7 Å². The van der Waals surface area contributed by atoms with E-state index in [9.17, 15) is 9.18 Å². The molecule has 0 atom stereocenters. The lowest BCUT2D eigenvalue weighted by atomic mass is 9.87. The fourth-order valence-corrected chi connectivity index (χ4v) is 3.32. The van der Waals surface area contributed by atoms with Gasteiger partial charge in [-0.1, -0.05) is 39.0 Å². The molecule has 1 aromatic heterocycles. The van der Waals surface area contributed by atoms with Crippen LogP contribution in [0.2, 0.25) is 0 Å². The monoisotopic (exact) mass is 429 g/mol. The second-order valence-electron chi connectivity index (χ2n) is 7.59. The first-order chi connectivity index (χ1) is 14.3. The van der Waals surface area contributed by atoms with E-state index < -0.39 is 0 Å². The summed E-state index contributed by atoms with van der Waals surface area (Å²) in [7, 11) is 3.61. The standard InChI is InChI=1S/C12H19NOS.C11H9FN2O/c1-12(2,3)9-6-7-10(14-5)11(8-9)15-13-4;12-11-6-9(8-15)2-3-10(11)7-14-5-1-4-13-14/h6-8,13H,1-5H3;1-6,8H,7H2. The van der Waals surface area contributed by atoms with Gasteiger partial charge in [-0.15, -0.1) is 0 Å². The summed E-state index contributed by atoms with van der Waals surface area (Å²) in [6.45, 7) is 7.01. The highest BCUT2D eigenvalue weighted by Gasteiger charge is 2.15. The normalized spacial score (nSPS) is 10.9. The summed E-state index contributed by atoms with van der Waals surface area (Å²) in [5.74, 6) is 0.539. The smallest absolute Gasteiger partial charge is 0.150 e. The molecule has 1 heterocycles. The fraction of sp³-hybridized carbons (Fsp3) is 0.304. The molecular weight excluding hydrogens is 401 g/mol. The SMILES string of the molecule is CNSc1cc(C(C)(C)C)ccc1OC.O=Cc1ccc(Cn2cccn2)c(F)c1. The Labute approximate surface area is 181 Å². The molecule has 0 aliphatic carbocycles. The Balaban J connectivity index is 0.000000214. The number of halogens is 1. The van der Waals surface area contributed by atoms with Crippen molar-refractivity contribution in [2.24, 2.45) is 0 Å². The summed E-state index contributed by atoms with van der Waals surface area (Å²) < 4.78 is 23.4. The number of rotatable bonds is 6. The van der Waals surface area contributed by atoms with E-state index >= 15 is 0 Å². The van der Waals surface area contributed by atoms with Crippen LogP contribution in [0.3, 0.4) is 0 Å². The van der Waals surface area contributed by atoms with E-state index in [-0.39, 0.29) is 11.2 Å². The predicted molar refractivity (Wildman–Crippen MR) is 120 cm³/mol. The molecule has 0 fully saturated rings. The first-order valence-electron chi connectivity index (χ1n) is 9.51. The zero-order valence-electron chi connectivity index (χ0n) is 18.0. The highest BCUT2D eigenvalue weighted by molar-refractivity contribution is 7.97. The van der Waals surface area contributed by atoms with Crippen molar-refractivity contribution in [2.75, 3.05) is 14.2 Å². The van der Waals surface area contributed by atoms with Crippen LogP contribution in [0, 0.1) is 5.82 Å². The lowest BCUT2D eigenvalue weighted by Gasteiger charge is -2.20. The van der Waals surface area contributed by atoms with Gasteiger partial charge in [0.05, 0.1) is 18.6 Å². The van der Waals surface area contributed by atoms with Crippen molar-refractivity contribution in [1.29, 1.82) is 0 Å². The van der Waals surface area contributed by atoms with Crippen LogP contribution in [0.4, 0.5) is 4.39 Å². The molecule has 0 spiro atoms. The van der Waals surface area contributed by atoms with Crippen molar-refractivity contribution in [3.63, 3.8) is 0 Å². The molecule has 3 aromatic rings. The van der Waals surface area contributed by atoms with Gasteiger partial charge in [-0.25, -0.2) is 4.39 Å². The minimum Gasteiger partial charge on any atom is -0.496 e. The lowest BCUT2D eigenvalue weighted by Crippen LogP contribution is -2.11. The maximum atomic E-state index is 13.4. The zero-order chi connectivity index (χ0) is 22.1. The van der Waals surface area contributed by atoms with Gasteiger partial charge < -0.3 is 4.74 Å². The highest BCUT2D eigenvalue weighted by Crippen LogP contribution is 2.32. The Hall–Kier alpha value is -2.64. The van der Waals surface area contributed by atoms with Crippen molar-refractivity contribution in [3.05, 3.63) is 77.4 Å². The number of methoxy groups -OCH3 is 1. The summed E-state index contributed by atoms with van der Waals surface area (Å²) in [4.78, 5) is 11.5. The molecule has 2 aromatic carbocycles. The van der Waals surface area contributed by atoms with Gasteiger partial charge >= 0.3 is 0 Å². The van der Waals surface area contributed by atoms with Crippen molar-refractivity contribution < 1.29 is 13.9 Å². The molecule has 5 nitrogen and oxygen atoms in total. The molecular formula is C23H28FN3O2S. The minimum absolute atomic E-state index is 0.176. The molecule has 0 bridgehead atoms. The molecule has 0 saturated carbocycles. The third-order valence-electron chi connectivity index (χ3n) is 4.35. The minimum atomic E-state index is -0.380. The quantitative estimate of drug-likeness (QED) is 0.436. The molecule has 0 aliphatic heterocycles. The van der Waals surface area contributed by atoms with Gasteiger partial charge in [0.2, 0.25) is 0 Å². The number of nitrogens with zero attached hydrogens (tertiary/aromatic N) is 2. The van der Waals surface area contributed by atoms with Gasteiger partial charge in [-0.2, -0.15) is 5.10 Å². The van der Waals surface area contributed by atoms with Crippen LogP contribution in [0.15, 0.2) is 59.8 Å². The molecule has 160 valence electrons. The number of benzene rings is 2. The lowest BCUT2D eigenvalue weighted by molar-refractivity contribution is 0.112. The Bertz CT molecular complexity index is 954. The third-order valence-corrected chi connectivity index (χ3v) is 5.09. The number of carbonyl (C=O) groups is 1. The number of carbonyl (C=O) groups excluding carboxylic acids is 1. The Morgan fingerprint density at radius 1 is 1.23 bits per heavy atom. The zero-order valence-corrected chi connectivity index (χ0v) is 18.8. The highest BCUT2D eigenvalue weighted by atomic mass is 32.2. The number of hydrogen-bond acceptors (Lipinski definition) is 5. The van der Waals surface area contributed by atoms with Crippen LogP contribution < -0.4 is 9.46 Å². The van der Waals surface area contributed by atoms with E-state index in [1.165, 1.54) is 11.6 Å². The van der Waals surface area contributed by atoms with E-state index in [4.69, 9.17) is 4.74 Å². The summed E-state index contributed by atoms with van der Waals surface area (Å²) in [5, 5.41) is 3.98. The summed E-state index contributed by atoms with van der Waals surface area (Å²) in [6, 6.07) is 12.5. The van der Waals surface area contributed by atoms with Gasteiger partial charge in [0, 0.05) is 23.5 Å². The van der Waals surface area contributed by atoms with Crippen molar-refractivity contribution >= 4 is 18.2 Å². The summed E-state index contributed by atoms with van der Waals surface area (Å²) >= 11 is 1.58. The van der Waals surface area contributed by atoms with Crippen LogP contribution in [0.1, 0.15) is 42.3 Å². The van der Waals surface area contributed by atoms with Crippen LogP contribution in [-0.2, 0) is 12.0 Å². The van der Waals surface area contributed by atoms with Crippen molar-refractivity contribution in [1.82, 2.24) is 14.5 Å². The van der Waals surface area contributed by atoms with Gasteiger partial charge in [-0.3, -0.25) is 14.2 Å². The van der Waals surface area contributed by atoms with Crippen LogP contribution >= 0.6 is 11.9 Å².